The smallest absolute Gasteiger partial charge is 0.335 e. The summed E-state index contributed by atoms with van der Waals surface area (Å²) < 4.78 is 11.0. The van der Waals surface area contributed by atoms with Crippen LogP contribution in [0.1, 0.15) is 15.9 Å². The minimum absolute atomic E-state index is 0.193. The summed E-state index contributed by atoms with van der Waals surface area (Å²) in [5.41, 5.74) is 2.32. The van der Waals surface area contributed by atoms with Gasteiger partial charge in [-0.1, -0.05) is 35.9 Å². The lowest BCUT2D eigenvalue weighted by Crippen LogP contribution is -2.20. The van der Waals surface area contributed by atoms with Crippen molar-refractivity contribution in [2.45, 2.75) is 6.54 Å². The van der Waals surface area contributed by atoms with Gasteiger partial charge in [-0.05, 0) is 48.0 Å². The van der Waals surface area contributed by atoms with E-state index in [1.54, 1.807) is 42.5 Å². The van der Waals surface area contributed by atoms with Crippen LogP contribution in [0.3, 0.4) is 0 Å². The summed E-state index contributed by atoms with van der Waals surface area (Å²) in [4.78, 5) is 23.2. The van der Waals surface area contributed by atoms with E-state index in [0.717, 1.165) is 5.56 Å². The van der Waals surface area contributed by atoms with E-state index in [1.807, 2.05) is 18.2 Å². The first kappa shape index (κ1) is 22.0. The topological polar surface area (TPSA) is 96.9 Å². The Morgan fingerprint density at radius 3 is 2.45 bits per heavy atom. The summed E-state index contributed by atoms with van der Waals surface area (Å²) in [7, 11) is 1.48. The highest BCUT2D eigenvalue weighted by Crippen LogP contribution is 2.36. The van der Waals surface area contributed by atoms with Gasteiger partial charge in [-0.25, -0.2) is 4.79 Å². The fourth-order valence-corrected chi connectivity index (χ4v) is 3.13. The van der Waals surface area contributed by atoms with E-state index in [2.05, 4.69) is 10.6 Å². The molecule has 0 aromatic heterocycles. The Hall–Kier alpha value is -3.71. The number of anilines is 2. The maximum atomic E-state index is 12.1. The molecule has 0 unspecified atom stereocenters. The Balaban J connectivity index is 1.65. The van der Waals surface area contributed by atoms with Crippen LogP contribution in [0.15, 0.2) is 66.7 Å². The molecule has 7 nitrogen and oxygen atoms in total. The number of carboxylic acids is 1. The second-order valence-corrected chi connectivity index (χ2v) is 6.96. The zero-order valence-electron chi connectivity index (χ0n) is 16.7. The molecule has 3 aromatic rings. The number of methoxy groups -OCH3 is 1. The van der Waals surface area contributed by atoms with Crippen LogP contribution in [-0.4, -0.2) is 30.7 Å². The van der Waals surface area contributed by atoms with Crippen LogP contribution in [0.25, 0.3) is 0 Å². The van der Waals surface area contributed by atoms with Crippen molar-refractivity contribution < 1.29 is 24.2 Å². The number of ether oxygens (including phenoxy) is 2. The second kappa shape index (κ2) is 10.4. The molecule has 0 fully saturated rings. The highest BCUT2D eigenvalue weighted by atomic mass is 35.5. The molecule has 0 saturated carbocycles. The maximum absolute atomic E-state index is 12.1. The number of carboxylic acid groups (broad SMARTS) is 1. The number of amides is 1. The van der Waals surface area contributed by atoms with Crippen LogP contribution in [-0.2, 0) is 11.3 Å². The molecule has 0 aliphatic rings. The zero-order chi connectivity index (χ0) is 22.2. The van der Waals surface area contributed by atoms with E-state index in [0.29, 0.717) is 28.7 Å². The molecule has 0 heterocycles. The minimum atomic E-state index is -0.994. The Kier molecular flexibility index (Phi) is 7.35. The number of aromatic carboxylic acids is 1. The van der Waals surface area contributed by atoms with E-state index in [1.165, 1.54) is 13.2 Å². The lowest BCUT2D eigenvalue weighted by Gasteiger charge is -2.15. The van der Waals surface area contributed by atoms with Crippen LogP contribution in [0.5, 0.6) is 11.5 Å². The molecule has 0 aliphatic carbocycles. The zero-order valence-corrected chi connectivity index (χ0v) is 17.5. The van der Waals surface area contributed by atoms with Crippen molar-refractivity contribution in [1.29, 1.82) is 0 Å². The number of para-hydroxylation sites is 1. The summed E-state index contributed by atoms with van der Waals surface area (Å²) in [5.74, 6) is -0.667. The molecule has 3 N–H and O–H groups in total. The number of hydrogen-bond acceptors (Lipinski definition) is 5. The van der Waals surface area contributed by atoms with Crippen molar-refractivity contribution in [3.8, 4) is 11.5 Å². The summed E-state index contributed by atoms with van der Waals surface area (Å²) in [6, 6.07) is 19.0. The van der Waals surface area contributed by atoms with Gasteiger partial charge in [0.2, 0.25) is 0 Å². The Morgan fingerprint density at radius 2 is 1.74 bits per heavy atom. The standard InChI is InChI=1S/C23H21ClN2O5/c1-30-20-11-15(13-25-18-9-5-6-16(12-18)23(28)29)10-19(24)22(20)31-14-21(27)26-17-7-3-2-4-8-17/h2-12,25H,13-14H2,1H3,(H,26,27)(H,28,29). The van der Waals surface area contributed by atoms with Crippen molar-refractivity contribution in [2.24, 2.45) is 0 Å². The molecule has 3 aromatic carbocycles. The van der Waals surface area contributed by atoms with Crippen molar-refractivity contribution in [2.75, 3.05) is 24.4 Å². The normalized spacial score (nSPS) is 10.3. The molecule has 0 aliphatic heterocycles. The number of benzene rings is 3. The van der Waals surface area contributed by atoms with Crippen molar-refractivity contribution >= 4 is 34.9 Å². The number of halogens is 1. The monoisotopic (exact) mass is 440 g/mol. The van der Waals surface area contributed by atoms with Gasteiger partial charge in [0, 0.05) is 17.9 Å². The predicted octanol–water partition coefficient (Wildman–Crippen LogP) is 4.68. The second-order valence-electron chi connectivity index (χ2n) is 6.55. The summed E-state index contributed by atoms with van der Waals surface area (Å²) in [6.07, 6.45) is 0. The van der Waals surface area contributed by atoms with Gasteiger partial charge >= 0.3 is 5.97 Å². The Morgan fingerprint density at radius 1 is 1.00 bits per heavy atom. The molecule has 0 atom stereocenters. The SMILES string of the molecule is COc1cc(CNc2cccc(C(=O)O)c2)cc(Cl)c1OCC(=O)Nc1ccccc1. The van der Waals surface area contributed by atoms with Crippen LogP contribution >= 0.6 is 11.6 Å². The lowest BCUT2D eigenvalue weighted by atomic mass is 10.1. The molecule has 0 radical (unpaired) electrons. The fourth-order valence-electron chi connectivity index (χ4n) is 2.84. The maximum Gasteiger partial charge on any atom is 0.335 e. The van der Waals surface area contributed by atoms with Gasteiger partial charge in [0.1, 0.15) is 0 Å². The van der Waals surface area contributed by atoms with Gasteiger partial charge in [0.15, 0.2) is 18.1 Å². The molecule has 160 valence electrons. The lowest BCUT2D eigenvalue weighted by molar-refractivity contribution is -0.118. The van der Waals surface area contributed by atoms with E-state index in [9.17, 15) is 9.59 Å². The van der Waals surface area contributed by atoms with E-state index in [-0.39, 0.29) is 23.8 Å². The third kappa shape index (κ3) is 6.13. The molecule has 31 heavy (non-hydrogen) atoms. The molecular weight excluding hydrogens is 420 g/mol. The summed E-state index contributed by atoms with van der Waals surface area (Å²) >= 11 is 6.36. The van der Waals surface area contributed by atoms with E-state index in [4.69, 9.17) is 26.2 Å². The third-order valence-electron chi connectivity index (χ3n) is 4.30. The van der Waals surface area contributed by atoms with Crippen LogP contribution in [0.4, 0.5) is 11.4 Å². The fraction of sp³-hybridized carbons (Fsp3) is 0.130. The Labute approximate surface area is 184 Å². The number of rotatable bonds is 9. The molecule has 3 rings (SSSR count). The average molecular weight is 441 g/mol. The molecule has 0 saturated heterocycles. The molecule has 0 bridgehead atoms. The number of hydrogen-bond donors (Lipinski definition) is 3. The summed E-state index contributed by atoms with van der Waals surface area (Å²) in [5, 5.41) is 15.3. The number of carbonyl (C=O) groups excluding carboxylic acids is 1. The molecular formula is C23H21ClN2O5. The quantitative estimate of drug-likeness (QED) is 0.447. The van der Waals surface area contributed by atoms with Gasteiger partial charge in [0.25, 0.3) is 5.91 Å². The van der Waals surface area contributed by atoms with Crippen molar-refractivity contribution in [3.63, 3.8) is 0 Å². The molecule has 1 amide bonds. The first-order valence-electron chi connectivity index (χ1n) is 9.37. The van der Waals surface area contributed by atoms with Crippen molar-refractivity contribution in [1.82, 2.24) is 0 Å². The van der Waals surface area contributed by atoms with E-state index >= 15 is 0 Å². The van der Waals surface area contributed by atoms with Gasteiger partial charge < -0.3 is 25.2 Å². The number of carbonyl (C=O) groups is 2. The van der Waals surface area contributed by atoms with Crippen LogP contribution in [0, 0.1) is 0 Å². The summed E-state index contributed by atoms with van der Waals surface area (Å²) in [6.45, 7) is 0.151. The van der Waals surface area contributed by atoms with Crippen LogP contribution in [0.2, 0.25) is 5.02 Å². The van der Waals surface area contributed by atoms with Crippen molar-refractivity contribution in [3.05, 3.63) is 82.9 Å². The predicted molar refractivity (Wildman–Crippen MR) is 119 cm³/mol. The minimum Gasteiger partial charge on any atom is -0.493 e. The van der Waals surface area contributed by atoms with E-state index < -0.39 is 5.97 Å². The van der Waals surface area contributed by atoms with Crippen LogP contribution < -0.4 is 20.1 Å². The largest absolute Gasteiger partial charge is 0.493 e. The average Bonchev–Trinajstić information content (AvgIpc) is 2.77. The molecule has 8 heteroatoms. The Bertz CT molecular complexity index is 1070. The van der Waals surface area contributed by atoms with Gasteiger partial charge in [-0.3, -0.25) is 4.79 Å². The van der Waals surface area contributed by atoms with Gasteiger partial charge in [-0.15, -0.1) is 0 Å². The third-order valence-corrected chi connectivity index (χ3v) is 4.58. The highest BCUT2D eigenvalue weighted by molar-refractivity contribution is 6.32. The first-order chi connectivity index (χ1) is 15.0. The van der Waals surface area contributed by atoms with Gasteiger partial charge in [-0.2, -0.15) is 0 Å². The van der Waals surface area contributed by atoms with Gasteiger partial charge in [0.05, 0.1) is 17.7 Å². The molecule has 0 spiro atoms. The highest BCUT2D eigenvalue weighted by Gasteiger charge is 2.14. The number of nitrogens with one attached hydrogen (secondary N) is 2. The first-order valence-corrected chi connectivity index (χ1v) is 9.75.